The van der Waals surface area contributed by atoms with E-state index in [-0.39, 0.29) is 30.8 Å². The van der Waals surface area contributed by atoms with Crippen LogP contribution in [0.3, 0.4) is 0 Å². The number of para-hydroxylation sites is 2. The number of carbonyl (C=O) groups excluding carboxylic acids is 2. The Balaban J connectivity index is 2.26. The molecule has 9 heteroatoms. The third-order valence-corrected chi connectivity index (χ3v) is 7.59. The molecule has 2 aromatic rings. The molecule has 38 heavy (non-hydrogen) atoms. The maximum atomic E-state index is 13.6. The van der Waals surface area contributed by atoms with E-state index in [1.54, 1.807) is 29.2 Å². The fourth-order valence-corrected chi connectivity index (χ4v) is 5.26. The fourth-order valence-electron chi connectivity index (χ4n) is 4.29. The molecule has 0 fully saturated rings. The van der Waals surface area contributed by atoms with Gasteiger partial charge in [-0.1, -0.05) is 55.8 Å². The number of anilines is 1. The summed E-state index contributed by atoms with van der Waals surface area (Å²) in [6.07, 6.45) is 2.80. The normalized spacial score (nSPS) is 12.9. The molecule has 2 amide bonds. The largest absolute Gasteiger partial charge is 0.492 e. The quantitative estimate of drug-likeness (QED) is 0.351. The zero-order valence-corrected chi connectivity index (χ0v) is 24.4. The lowest BCUT2D eigenvalue weighted by molar-refractivity contribution is -0.141. The van der Waals surface area contributed by atoms with Crippen LogP contribution in [0.15, 0.2) is 48.5 Å². The first-order chi connectivity index (χ1) is 18.0. The van der Waals surface area contributed by atoms with Gasteiger partial charge in [-0.3, -0.25) is 13.9 Å². The summed E-state index contributed by atoms with van der Waals surface area (Å²) in [5.41, 5.74) is 2.46. The van der Waals surface area contributed by atoms with Crippen LogP contribution in [-0.4, -0.2) is 56.6 Å². The Kier molecular flexibility index (Phi) is 12.1. The van der Waals surface area contributed by atoms with Gasteiger partial charge in [0.15, 0.2) is 0 Å². The average Bonchev–Trinajstić information content (AvgIpc) is 2.86. The Bertz CT molecular complexity index is 1170. The number of rotatable bonds is 15. The molecule has 1 N–H and O–H groups in total. The van der Waals surface area contributed by atoms with Gasteiger partial charge in [-0.2, -0.15) is 0 Å². The van der Waals surface area contributed by atoms with Gasteiger partial charge in [0.05, 0.1) is 18.6 Å². The predicted molar refractivity (Wildman–Crippen MR) is 153 cm³/mol. The van der Waals surface area contributed by atoms with E-state index in [0.717, 1.165) is 23.8 Å². The van der Waals surface area contributed by atoms with Gasteiger partial charge >= 0.3 is 0 Å². The lowest BCUT2D eigenvalue weighted by atomic mass is 10.1. The summed E-state index contributed by atoms with van der Waals surface area (Å²) in [6.45, 7) is 10.5. The third kappa shape index (κ3) is 9.04. The van der Waals surface area contributed by atoms with Crippen molar-refractivity contribution >= 4 is 27.5 Å². The van der Waals surface area contributed by atoms with Crippen LogP contribution in [0, 0.1) is 6.92 Å². The number of nitrogens with zero attached hydrogens (tertiary/aromatic N) is 2. The van der Waals surface area contributed by atoms with Crippen LogP contribution in [0.4, 0.5) is 5.69 Å². The monoisotopic (exact) mass is 545 g/mol. The van der Waals surface area contributed by atoms with Crippen molar-refractivity contribution < 1.29 is 22.7 Å². The molecule has 0 aliphatic carbocycles. The van der Waals surface area contributed by atoms with E-state index in [1.807, 2.05) is 58.9 Å². The number of aryl methyl sites for hydroxylation is 1. The van der Waals surface area contributed by atoms with Gasteiger partial charge in [0.1, 0.15) is 11.8 Å². The second-order valence-electron chi connectivity index (χ2n) is 9.59. The van der Waals surface area contributed by atoms with Gasteiger partial charge in [0.25, 0.3) is 0 Å². The van der Waals surface area contributed by atoms with Gasteiger partial charge in [0.2, 0.25) is 21.8 Å². The van der Waals surface area contributed by atoms with E-state index in [4.69, 9.17) is 4.74 Å². The number of benzene rings is 2. The fraction of sp³-hybridized carbons (Fsp3) is 0.517. The van der Waals surface area contributed by atoms with Gasteiger partial charge in [-0.25, -0.2) is 8.42 Å². The summed E-state index contributed by atoms with van der Waals surface area (Å²) in [4.78, 5) is 28.4. The molecule has 0 heterocycles. The van der Waals surface area contributed by atoms with Gasteiger partial charge in [-0.15, -0.1) is 0 Å². The molecule has 0 saturated heterocycles. The molecule has 0 bridgehead atoms. The highest BCUT2D eigenvalue weighted by molar-refractivity contribution is 7.92. The van der Waals surface area contributed by atoms with Crippen molar-refractivity contribution in [1.29, 1.82) is 0 Å². The van der Waals surface area contributed by atoms with Gasteiger partial charge < -0.3 is 15.0 Å². The highest BCUT2D eigenvalue weighted by atomic mass is 32.2. The first-order valence-corrected chi connectivity index (χ1v) is 15.2. The lowest BCUT2D eigenvalue weighted by Gasteiger charge is -2.32. The number of amides is 2. The molecule has 0 radical (unpaired) electrons. The minimum absolute atomic E-state index is 0.00111. The zero-order valence-electron chi connectivity index (χ0n) is 23.6. The topological polar surface area (TPSA) is 96.0 Å². The van der Waals surface area contributed by atoms with Gasteiger partial charge in [-0.05, 0) is 57.7 Å². The highest BCUT2D eigenvalue weighted by Gasteiger charge is 2.29. The number of hydrogen-bond donors (Lipinski definition) is 1. The minimum atomic E-state index is -3.62. The maximum Gasteiger partial charge on any atom is 0.243 e. The molecule has 0 unspecified atom stereocenters. The van der Waals surface area contributed by atoms with Crippen molar-refractivity contribution in [3.63, 3.8) is 0 Å². The van der Waals surface area contributed by atoms with Crippen LogP contribution in [0.2, 0.25) is 0 Å². The van der Waals surface area contributed by atoms with Crippen molar-refractivity contribution in [2.75, 3.05) is 23.7 Å². The molecule has 210 valence electrons. The molecule has 2 atom stereocenters. The van der Waals surface area contributed by atoms with E-state index in [2.05, 4.69) is 5.32 Å². The second kappa shape index (κ2) is 14.8. The van der Waals surface area contributed by atoms with E-state index in [9.17, 15) is 18.0 Å². The summed E-state index contributed by atoms with van der Waals surface area (Å²) >= 11 is 0. The number of sulfonamides is 1. The number of nitrogens with one attached hydrogen (secondary N) is 1. The van der Waals surface area contributed by atoms with Gasteiger partial charge in [0, 0.05) is 25.6 Å². The van der Waals surface area contributed by atoms with Crippen LogP contribution in [-0.2, 0) is 26.2 Å². The summed E-state index contributed by atoms with van der Waals surface area (Å²) < 4.78 is 32.3. The SMILES string of the molecule is CCOc1ccccc1N(CCCC(=O)N(Cc1cccc(C)c1)[C@@H](CC)C(=O)N[C@@H](C)CC)S(C)(=O)=O. The summed E-state index contributed by atoms with van der Waals surface area (Å²) in [5, 5.41) is 3.01. The predicted octanol–water partition coefficient (Wildman–Crippen LogP) is 4.66. The summed E-state index contributed by atoms with van der Waals surface area (Å²) in [7, 11) is -3.62. The first kappa shape index (κ1) is 31.1. The molecule has 0 aliphatic rings. The molecule has 8 nitrogen and oxygen atoms in total. The first-order valence-electron chi connectivity index (χ1n) is 13.4. The molecular weight excluding hydrogens is 502 g/mol. The van der Waals surface area contributed by atoms with Crippen LogP contribution >= 0.6 is 0 Å². The Hall–Kier alpha value is -3.07. The Labute approximate surface area is 228 Å². The Morgan fingerprint density at radius 3 is 2.34 bits per heavy atom. The zero-order chi connectivity index (χ0) is 28.3. The van der Waals surface area contributed by atoms with E-state index < -0.39 is 16.1 Å². The third-order valence-electron chi connectivity index (χ3n) is 6.41. The molecule has 0 saturated carbocycles. The second-order valence-corrected chi connectivity index (χ2v) is 11.5. The van der Waals surface area contributed by atoms with Crippen LogP contribution in [0.1, 0.15) is 64.5 Å². The molecule has 0 aliphatic heterocycles. The van der Waals surface area contributed by atoms with E-state index in [1.165, 1.54) is 4.31 Å². The lowest BCUT2D eigenvalue weighted by Crippen LogP contribution is -2.50. The van der Waals surface area contributed by atoms with Crippen LogP contribution in [0.5, 0.6) is 5.75 Å². The number of ether oxygens (including phenoxy) is 1. The molecule has 0 spiro atoms. The number of carbonyl (C=O) groups is 2. The Morgan fingerprint density at radius 1 is 1.03 bits per heavy atom. The van der Waals surface area contributed by atoms with Crippen molar-refractivity contribution in [2.24, 2.45) is 0 Å². The van der Waals surface area contributed by atoms with Crippen molar-refractivity contribution in [1.82, 2.24) is 10.2 Å². The smallest absolute Gasteiger partial charge is 0.243 e. The van der Waals surface area contributed by atoms with E-state index >= 15 is 0 Å². The molecule has 0 aromatic heterocycles. The number of hydrogen-bond acceptors (Lipinski definition) is 5. The van der Waals surface area contributed by atoms with Crippen LogP contribution in [0.25, 0.3) is 0 Å². The van der Waals surface area contributed by atoms with Crippen LogP contribution < -0.4 is 14.4 Å². The minimum Gasteiger partial charge on any atom is -0.492 e. The van der Waals surface area contributed by atoms with Crippen molar-refractivity contribution in [3.8, 4) is 5.75 Å². The summed E-state index contributed by atoms with van der Waals surface area (Å²) in [6, 6.07) is 14.2. The maximum absolute atomic E-state index is 13.6. The molecular formula is C29H43N3O5S. The van der Waals surface area contributed by atoms with E-state index in [0.29, 0.717) is 37.4 Å². The Morgan fingerprint density at radius 2 is 1.74 bits per heavy atom. The standard InChI is InChI=1S/C29H43N3O5S/c1-7-23(5)30-29(34)25(8-2)31(21-24-15-12-14-22(4)20-24)28(33)18-13-19-32(38(6,35)36)26-16-10-11-17-27(26)37-9-3/h10-12,14-17,20,23,25H,7-9,13,18-19,21H2,1-6H3,(H,30,34)/t23-,25-/m0/s1. The molecule has 2 aromatic carbocycles. The van der Waals surface area contributed by atoms with Crippen molar-refractivity contribution in [2.45, 2.75) is 78.9 Å². The van der Waals surface area contributed by atoms with Crippen molar-refractivity contribution in [3.05, 3.63) is 59.7 Å². The summed E-state index contributed by atoms with van der Waals surface area (Å²) in [5.74, 6) is 0.107. The average molecular weight is 546 g/mol. The highest BCUT2D eigenvalue weighted by Crippen LogP contribution is 2.30. The molecule has 2 rings (SSSR count).